The first-order chi connectivity index (χ1) is 16.2. The summed E-state index contributed by atoms with van der Waals surface area (Å²) in [7, 11) is -0.0768. The Balaban J connectivity index is 1.70. The summed E-state index contributed by atoms with van der Waals surface area (Å²) in [5.41, 5.74) is 0.807. The summed E-state index contributed by atoms with van der Waals surface area (Å²) in [5.74, 6) is -0.690. The third-order valence-corrected chi connectivity index (χ3v) is 7.99. The van der Waals surface area contributed by atoms with E-state index in [1.165, 1.54) is 14.2 Å². The minimum atomic E-state index is -2.53. The lowest BCUT2D eigenvalue weighted by Crippen LogP contribution is -2.42. The monoisotopic (exact) mass is 495 g/mol. The van der Waals surface area contributed by atoms with Gasteiger partial charge in [-0.25, -0.2) is 14.5 Å². The fourth-order valence-electron chi connectivity index (χ4n) is 4.28. The maximum atomic E-state index is 12.6. The molecule has 1 saturated heterocycles. The quantitative estimate of drug-likeness (QED) is 0.487. The van der Waals surface area contributed by atoms with E-state index in [1.54, 1.807) is 17.1 Å². The van der Waals surface area contributed by atoms with Gasteiger partial charge < -0.3 is 19.6 Å². The number of nitrogens with one attached hydrogen (secondary N) is 1. The zero-order valence-corrected chi connectivity index (χ0v) is 20.1. The maximum Gasteiger partial charge on any atom is 0.354 e. The molecular weight excluding hydrogens is 466 g/mol. The molecule has 4 rings (SSSR count). The van der Waals surface area contributed by atoms with Gasteiger partial charge in [-0.15, -0.1) is 0 Å². The van der Waals surface area contributed by atoms with Crippen LogP contribution in [0.2, 0.25) is 0 Å². The lowest BCUT2D eigenvalue weighted by atomic mass is 9.90. The molecule has 13 heteroatoms. The highest BCUT2D eigenvalue weighted by molar-refractivity contribution is 8.24. The number of aromatic nitrogens is 3. The normalized spacial score (nSPS) is 23.1. The second kappa shape index (κ2) is 9.39. The minimum absolute atomic E-state index is 0.00222. The summed E-state index contributed by atoms with van der Waals surface area (Å²) < 4.78 is 31.4. The highest BCUT2D eigenvalue weighted by atomic mass is 32.3. The van der Waals surface area contributed by atoms with Crippen molar-refractivity contribution in [2.45, 2.75) is 50.8 Å². The van der Waals surface area contributed by atoms with E-state index >= 15 is 0 Å². The number of pyridine rings is 1. The average Bonchev–Trinajstić information content (AvgIpc) is 3.45. The SMILES string of the molecule is CCn1ncc2c(NC3CCS(O)(O)CC3)c(C3=NOC(CC(=O)OC)(C(=O)OC)C3)cnc21. The summed E-state index contributed by atoms with van der Waals surface area (Å²) >= 11 is 0. The van der Waals surface area contributed by atoms with Crippen LogP contribution in [-0.2, 0) is 30.4 Å². The number of hydrogen-bond acceptors (Lipinski definition) is 11. The van der Waals surface area contributed by atoms with Gasteiger partial charge in [-0.1, -0.05) is 5.16 Å². The van der Waals surface area contributed by atoms with Crippen molar-refractivity contribution in [2.24, 2.45) is 5.16 Å². The molecule has 2 aromatic heterocycles. The standard InChI is InChI=1S/C21H29N5O7S/c1-4-26-19-15(12-23-26)18(24-13-5-7-34(29,30)8-6-13)14(11-22-19)16-9-21(33-25-16,20(28)32-3)10-17(27)31-2/h11-13,29-30H,4-10H2,1-3H3,(H,22,24). The van der Waals surface area contributed by atoms with Gasteiger partial charge in [-0.2, -0.15) is 15.7 Å². The number of aryl methyl sites for hydroxylation is 1. The van der Waals surface area contributed by atoms with E-state index in [9.17, 15) is 18.7 Å². The summed E-state index contributed by atoms with van der Waals surface area (Å²) in [4.78, 5) is 34.6. The number of ether oxygens (including phenoxy) is 2. The van der Waals surface area contributed by atoms with Crippen LogP contribution in [0.4, 0.5) is 5.69 Å². The molecule has 0 amide bonds. The Morgan fingerprint density at radius 2 is 2.00 bits per heavy atom. The number of hydrogen-bond donors (Lipinski definition) is 3. The van der Waals surface area contributed by atoms with Gasteiger partial charge in [0.25, 0.3) is 0 Å². The third-order valence-electron chi connectivity index (χ3n) is 6.21. The molecule has 0 saturated carbocycles. The molecule has 1 unspecified atom stereocenters. The molecule has 0 aromatic carbocycles. The molecule has 4 heterocycles. The van der Waals surface area contributed by atoms with E-state index in [2.05, 4.69) is 20.6 Å². The van der Waals surface area contributed by atoms with Crippen LogP contribution in [0.1, 0.15) is 38.2 Å². The molecule has 186 valence electrons. The highest BCUT2D eigenvalue weighted by Crippen LogP contribution is 2.45. The number of anilines is 1. The van der Waals surface area contributed by atoms with Crippen LogP contribution < -0.4 is 5.32 Å². The van der Waals surface area contributed by atoms with Crippen molar-refractivity contribution in [3.05, 3.63) is 18.0 Å². The van der Waals surface area contributed by atoms with Gasteiger partial charge in [-0.05, 0) is 19.8 Å². The Morgan fingerprint density at radius 3 is 2.65 bits per heavy atom. The molecule has 12 nitrogen and oxygen atoms in total. The van der Waals surface area contributed by atoms with E-state index in [0.29, 0.717) is 53.5 Å². The Morgan fingerprint density at radius 1 is 1.26 bits per heavy atom. The number of nitrogens with zero attached hydrogens (tertiary/aromatic N) is 4. The van der Waals surface area contributed by atoms with Crippen LogP contribution in [0, 0.1) is 0 Å². The molecule has 0 radical (unpaired) electrons. The van der Waals surface area contributed by atoms with Crippen LogP contribution in [-0.4, -0.2) is 78.9 Å². The topological polar surface area (TPSA) is 157 Å². The first-order valence-electron chi connectivity index (χ1n) is 11.0. The van der Waals surface area contributed by atoms with Crippen molar-refractivity contribution in [2.75, 3.05) is 31.0 Å². The van der Waals surface area contributed by atoms with Gasteiger partial charge in [0.15, 0.2) is 5.65 Å². The zero-order chi connectivity index (χ0) is 24.5. The number of rotatable bonds is 7. The van der Waals surface area contributed by atoms with E-state index in [-0.39, 0.29) is 18.9 Å². The van der Waals surface area contributed by atoms with Crippen molar-refractivity contribution in [1.82, 2.24) is 14.8 Å². The first-order valence-corrected chi connectivity index (χ1v) is 12.9. The van der Waals surface area contributed by atoms with E-state index in [4.69, 9.17) is 14.3 Å². The van der Waals surface area contributed by atoms with Gasteiger partial charge >= 0.3 is 11.9 Å². The van der Waals surface area contributed by atoms with E-state index in [0.717, 1.165) is 5.39 Å². The van der Waals surface area contributed by atoms with E-state index < -0.39 is 28.1 Å². The molecule has 0 spiro atoms. The molecule has 2 aliphatic rings. The van der Waals surface area contributed by atoms with Crippen LogP contribution in [0.15, 0.2) is 17.5 Å². The lowest BCUT2D eigenvalue weighted by molar-refractivity contribution is -0.173. The number of oxime groups is 1. The Hall–Kier alpha value is -2.90. The zero-order valence-electron chi connectivity index (χ0n) is 19.3. The maximum absolute atomic E-state index is 12.6. The molecule has 3 N–H and O–H groups in total. The molecule has 0 bridgehead atoms. The van der Waals surface area contributed by atoms with Crippen molar-refractivity contribution in [1.29, 1.82) is 0 Å². The largest absolute Gasteiger partial charge is 0.469 e. The number of carbonyl (C=O) groups excluding carboxylic acids is 2. The smallest absolute Gasteiger partial charge is 0.354 e. The summed E-state index contributed by atoms with van der Waals surface area (Å²) in [6.45, 7) is 2.60. The summed E-state index contributed by atoms with van der Waals surface area (Å²) in [5, 5.41) is 12.8. The predicted octanol–water partition coefficient (Wildman–Crippen LogP) is 2.38. The van der Waals surface area contributed by atoms with Crippen molar-refractivity contribution in [3.63, 3.8) is 0 Å². The second-order valence-electron chi connectivity index (χ2n) is 8.42. The molecule has 1 atom stereocenters. The Kier molecular flexibility index (Phi) is 6.69. The lowest BCUT2D eigenvalue weighted by Gasteiger charge is -2.39. The van der Waals surface area contributed by atoms with Crippen LogP contribution >= 0.6 is 10.6 Å². The van der Waals surface area contributed by atoms with Crippen LogP contribution in [0.3, 0.4) is 0 Å². The fourth-order valence-corrected chi connectivity index (χ4v) is 5.81. The molecule has 2 aliphatic heterocycles. The second-order valence-corrected chi connectivity index (χ2v) is 10.8. The number of fused-ring (bicyclic) bond motifs is 1. The van der Waals surface area contributed by atoms with Crippen molar-refractivity contribution < 1.29 is 33.0 Å². The minimum Gasteiger partial charge on any atom is -0.469 e. The van der Waals surface area contributed by atoms with Crippen molar-refractivity contribution >= 4 is 45.0 Å². The van der Waals surface area contributed by atoms with Gasteiger partial charge in [0.1, 0.15) is 0 Å². The molecular formula is C21H29N5O7S. The van der Waals surface area contributed by atoms with Crippen LogP contribution in [0.5, 0.6) is 0 Å². The summed E-state index contributed by atoms with van der Waals surface area (Å²) in [6.07, 6.45) is 4.17. The Labute approximate surface area is 198 Å². The fraction of sp³-hybridized carbons (Fsp3) is 0.571. The summed E-state index contributed by atoms with van der Waals surface area (Å²) in [6, 6.07) is -0.00222. The number of methoxy groups -OCH3 is 2. The Bertz CT molecular complexity index is 1120. The predicted molar refractivity (Wildman–Crippen MR) is 126 cm³/mol. The molecule has 34 heavy (non-hydrogen) atoms. The number of esters is 2. The van der Waals surface area contributed by atoms with Gasteiger partial charge in [0, 0.05) is 42.3 Å². The number of carbonyl (C=O) groups is 2. The highest BCUT2D eigenvalue weighted by Gasteiger charge is 2.50. The average molecular weight is 496 g/mol. The molecule has 2 aromatic rings. The first kappa shape index (κ1) is 24.2. The van der Waals surface area contributed by atoms with Gasteiger partial charge in [-0.3, -0.25) is 13.9 Å². The van der Waals surface area contributed by atoms with Crippen LogP contribution in [0.25, 0.3) is 11.0 Å². The van der Waals surface area contributed by atoms with Gasteiger partial charge in [0.05, 0.1) is 43.6 Å². The molecule has 1 fully saturated rings. The molecule has 0 aliphatic carbocycles. The van der Waals surface area contributed by atoms with E-state index in [1.807, 2.05) is 6.92 Å². The van der Waals surface area contributed by atoms with Crippen molar-refractivity contribution in [3.8, 4) is 0 Å². The third kappa shape index (κ3) is 4.55. The van der Waals surface area contributed by atoms with Gasteiger partial charge in [0.2, 0.25) is 5.60 Å².